The van der Waals surface area contributed by atoms with Crippen LogP contribution in [0.2, 0.25) is 0 Å². The molecule has 0 saturated heterocycles. The van der Waals surface area contributed by atoms with E-state index in [1.54, 1.807) is 18.3 Å². The molecule has 0 radical (unpaired) electrons. The average molecular weight is 828 g/mol. The number of benzene rings is 3. The van der Waals surface area contributed by atoms with Crippen molar-refractivity contribution in [2.45, 2.75) is 30.3 Å². The van der Waals surface area contributed by atoms with Crippen LogP contribution in [0.15, 0.2) is 95.3 Å². The Morgan fingerprint density at radius 1 is 1.04 bits per heavy atom. The van der Waals surface area contributed by atoms with Crippen LogP contribution in [0.5, 0.6) is 5.75 Å². The van der Waals surface area contributed by atoms with Crippen LogP contribution in [0.25, 0.3) is 10.3 Å². The molecule has 4 heterocycles. The van der Waals surface area contributed by atoms with E-state index in [0.29, 0.717) is 64.4 Å². The highest BCUT2D eigenvalue weighted by Crippen LogP contribution is 2.32. The normalized spacial score (nSPS) is 13.2. The third kappa shape index (κ3) is 9.34. The van der Waals surface area contributed by atoms with Crippen LogP contribution in [-0.2, 0) is 23.0 Å². The van der Waals surface area contributed by atoms with Crippen LogP contribution in [0.1, 0.15) is 38.4 Å². The Labute approximate surface area is 335 Å². The number of para-hydroxylation sites is 1. The summed E-state index contributed by atoms with van der Waals surface area (Å²) in [5.74, 6) is -0.669. The lowest BCUT2D eigenvalue weighted by Gasteiger charge is -2.29. The largest absolute Gasteiger partial charge is 0.491 e. The fourth-order valence-corrected chi connectivity index (χ4v) is 8.80. The maximum Gasteiger partial charge on any atom is 0.293 e. The molecule has 0 fully saturated rings. The molecule has 1 atom stereocenters. The average Bonchev–Trinajstić information content (AvgIpc) is 3.86. The van der Waals surface area contributed by atoms with Crippen molar-refractivity contribution < 1.29 is 27.7 Å². The van der Waals surface area contributed by atoms with E-state index in [4.69, 9.17) is 4.74 Å². The van der Waals surface area contributed by atoms with Crippen molar-refractivity contribution in [2.75, 3.05) is 49.3 Å². The maximum atomic E-state index is 13.4. The van der Waals surface area contributed by atoms with Crippen LogP contribution in [0.3, 0.4) is 0 Å². The van der Waals surface area contributed by atoms with Crippen LogP contribution in [-0.4, -0.2) is 84.8 Å². The number of nitro benzene ring substituents is 1. The number of aromatic nitrogens is 3. The number of nitro groups is 1. The Bertz CT molecular complexity index is 2510. The number of hydrogen-bond donors (Lipinski definition) is 3. The first-order valence-corrected chi connectivity index (χ1v) is 20.9. The number of hydrogen-bond acceptors (Lipinski definition) is 15. The number of rotatable bonds is 15. The zero-order chi connectivity index (χ0) is 40.1. The Morgan fingerprint density at radius 2 is 1.86 bits per heavy atom. The van der Waals surface area contributed by atoms with E-state index in [0.717, 1.165) is 28.5 Å². The summed E-state index contributed by atoms with van der Waals surface area (Å²) in [6.45, 7) is 1.73. The lowest BCUT2D eigenvalue weighted by molar-refractivity contribution is -0.384. The van der Waals surface area contributed by atoms with Gasteiger partial charge in [-0.15, -0.1) is 11.3 Å². The minimum absolute atomic E-state index is 0.104. The molecule has 6 aromatic rings. The van der Waals surface area contributed by atoms with Crippen LogP contribution < -0.4 is 25.0 Å². The first-order chi connectivity index (χ1) is 27.4. The van der Waals surface area contributed by atoms with Gasteiger partial charge in [-0.05, 0) is 87.1 Å². The molecule has 0 unspecified atom stereocenters. The summed E-state index contributed by atoms with van der Waals surface area (Å²) in [6, 6.07) is 21.4. The molecule has 1 aliphatic heterocycles. The summed E-state index contributed by atoms with van der Waals surface area (Å²) in [5.41, 5.74) is 2.45. The van der Waals surface area contributed by atoms with Crippen molar-refractivity contribution in [3.05, 3.63) is 123 Å². The first kappa shape index (κ1) is 39.2. The fraction of sp³-hybridized carbons (Fsp3) is 0.237. The minimum Gasteiger partial charge on any atom is -0.491 e. The van der Waals surface area contributed by atoms with Crippen LogP contribution in [0, 0.1) is 10.1 Å². The van der Waals surface area contributed by atoms with E-state index < -0.39 is 31.4 Å². The minimum atomic E-state index is -4.55. The van der Waals surface area contributed by atoms with Gasteiger partial charge in [-0.1, -0.05) is 41.7 Å². The highest BCUT2D eigenvalue weighted by molar-refractivity contribution is 7.90. The number of nitrogens with one attached hydrogen (secondary N) is 3. The van der Waals surface area contributed by atoms with Gasteiger partial charge in [0.15, 0.2) is 10.3 Å². The molecule has 294 valence electrons. The Morgan fingerprint density at radius 3 is 2.63 bits per heavy atom. The molecular weight excluding hydrogens is 791 g/mol. The first-order valence-electron chi connectivity index (χ1n) is 17.7. The number of nitrogens with zero attached hydrogens (tertiary/aromatic N) is 6. The third-order valence-electron chi connectivity index (χ3n) is 9.08. The third-order valence-corrected chi connectivity index (χ3v) is 12.2. The van der Waals surface area contributed by atoms with E-state index >= 15 is 0 Å². The molecule has 0 saturated carbocycles. The predicted octanol–water partition coefficient (Wildman–Crippen LogP) is 5.80. The number of pyridine rings is 1. The van der Waals surface area contributed by atoms with Crippen molar-refractivity contribution in [3.63, 3.8) is 0 Å². The lowest BCUT2D eigenvalue weighted by atomic mass is 9.94. The molecule has 0 spiro atoms. The molecular formula is C38H37N9O7S3. The molecule has 7 rings (SSSR count). The molecule has 3 N–H and O–H groups in total. The Hall–Kier alpha value is -6.02. The van der Waals surface area contributed by atoms with Gasteiger partial charge in [0.05, 0.1) is 15.9 Å². The molecule has 2 amide bonds. The zero-order valence-corrected chi connectivity index (χ0v) is 33.2. The molecule has 57 heavy (non-hydrogen) atoms. The number of ether oxygens (including phenoxy) is 1. The standard InChI is InChI=1S/C38H37N9O7S3/c1-45(2)18-16-25(22-54-26-9-4-3-5-10-26)40-30-14-13-27(20-33(30)47(50)51)57(52,53)44-35(49)32-23-55-38(42-32)46-19-15-24-8-6-11-28(29(24)21-46)34(48)43-37-41-31-12-7-17-39-36(31)56-37/h3-14,17,20,23,25,40H,15-16,18-19,21-22H2,1-2H3,(H,44,49)(H,41,43,48)/t25-/m1/s1. The van der Waals surface area contributed by atoms with E-state index in [2.05, 4.69) is 25.6 Å². The van der Waals surface area contributed by atoms with Crippen molar-refractivity contribution in [1.29, 1.82) is 0 Å². The van der Waals surface area contributed by atoms with E-state index in [1.807, 2.05) is 77.1 Å². The SMILES string of the molecule is CN(C)CC[C@H](COc1ccccc1)Nc1ccc(S(=O)(=O)NC(=O)c2csc(N3CCc4cccc(C(=O)Nc5nc6cccnc6s5)c4C3)n2)cc1[N+](=O)[O-]. The Kier molecular flexibility index (Phi) is 11.7. The monoisotopic (exact) mass is 827 g/mol. The number of anilines is 3. The molecule has 0 aliphatic carbocycles. The summed E-state index contributed by atoms with van der Waals surface area (Å²) >= 11 is 2.43. The fourth-order valence-electron chi connectivity index (χ4n) is 6.19. The zero-order valence-electron chi connectivity index (χ0n) is 30.7. The van der Waals surface area contributed by atoms with Crippen LogP contribution in [0.4, 0.5) is 21.6 Å². The quantitative estimate of drug-likeness (QED) is 0.0829. The second kappa shape index (κ2) is 17.0. The van der Waals surface area contributed by atoms with Gasteiger partial charge >= 0.3 is 0 Å². The van der Waals surface area contributed by atoms with Gasteiger partial charge in [-0.3, -0.25) is 25.0 Å². The second-order valence-corrected chi connectivity index (χ2v) is 16.9. The number of sulfonamides is 1. The lowest BCUT2D eigenvalue weighted by Crippen LogP contribution is -2.33. The molecule has 0 bridgehead atoms. The maximum absolute atomic E-state index is 13.4. The van der Waals surface area contributed by atoms with E-state index in [-0.39, 0.29) is 29.9 Å². The van der Waals surface area contributed by atoms with Gasteiger partial charge in [0, 0.05) is 36.3 Å². The van der Waals surface area contributed by atoms with Gasteiger partial charge in [0.1, 0.15) is 34.1 Å². The topological polar surface area (TPSA) is 202 Å². The number of fused-ring (bicyclic) bond motifs is 2. The number of carbonyl (C=O) groups is 2. The number of carbonyl (C=O) groups excluding carboxylic acids is 2. The molecule has 3 aromatic carbocycles. The van der Waals surface area contributed by atoms with Gasteiger partial charge in [0.2, 0.25) is 0 Å². The summed E-state index contributed by atoms with van der Waals surface area (Å²) in [7, 11) is -0.726. The molecule has 16 nitrogen and oxygen atoms in total. The van der Waals surface area contributed by atoms with Gasteiger partial charge in [0.25, 0.3) is 27.5 Å². The van der Waals surface area contributed by atoms with Crippen molar-refractivity contribution in [2.24, 2.45) is 0 Å². The summed E-state index contributed by atoms with van der Waals surface area (Å²) in [5, 5.41) is 20.5. The molecule has 19 heteroatoms. The molecule has 3 aromatic heterocycles. The van der Waals surface area contributed by atoms with E-state index in [1.165, 1.54) is 28.8 Å². The van der Waals surface area contributed by atoms with Gasteiger partial charge < -0.3 is 19.9 Å². The summed E-state index contributed by atoms with van der Waals surface area (Å²) in [6.07, 6.45) is 2.85. The second-order valence-electron chi connectivity index (χ2n) is 13.4. The van der Waals surface area contributed by atoms with E-state index in [9.17, 15) is 28.1 Å². The number of thiazole rings is 2. The van der Waals surface area contributed by atoms with Crippen LogP contribution >= 0.6 is 22.7 Å². The highest BCUT2D eigenvalue weighted by Gasteiger charge is 2.28. The van der Waals surface area contributed by atoms with Crippen molar-refractivity contribution in [3.8, 4) is 5.75 Å². The summed E-state index contributed by atoms with van der Waals surface area (Å²) < 4.78 is 34.7. The molecule has 1 aliphatic rings. The van der Waals surface area contributed by atoms with Crippen molar-refractivity contribution in [1.82, 2.24) is 24.6 Å². The van der Waals surface area contributed by atoms with Gasteiger partial charge in [-0.25, -0.2) is 28.1 Å². The highest BCUT2D eigenvalue weighted by atomic mass is 32.2. The van der Waals surface area contributed by atoms with Crippen molar-refractivity contribution >= 4 is 76.5 Å². The van der Waals surface area contributed by atoms with Gasteiger partial charge in [-0.2, -0.15) is 0 Å². The summed E-state index contributed by atoms with van der Waals surface area (Å²) in [4.78, 5) is 55.5. The smallest absolute Gasteiger partial charge is 0.293 e. The Balaban J connectivity index is 1.02. The predicted molar refractivity (Wildman–Crippen MR) is 219 cm³/mol. The number of amides is 2.